The molecule has 2 aromatic carbocycles. The highest BCUT2D eigenvalue weighted by Crippen LogP contribution is 2.30. The smallest absolute Gasteiger partial charge is 0.262 e. The number of benzene rings is 2. The maximum atomic E-state index is 13.1. The van der Waals surface area contributed by atoms with Gasteiger partial charge in [-0.3, -0.25) is 18.6 Å². The number of anilines is 1. The molecule has 0 aliphatic carbocycles. The lowest BCUT2D eigenvalue weighted by Crippen LogP contribution is -2.23. The number of fused-ring (bicyclic) bond motifs is 3. The van der Waals surface area contributed by atoms with Crippen LogP contribution in [0.1, 0.15) is 26.2 Å². The van der Waals surface area contributed by atoms with Gasteiger partial charge in [-0.05, 0) is 30.7 Å². The van der Waals surface area contributed by atoms with Crippen molar-refractivity contribution in [3.8, 4) is 0 Å². The maximum Gasteiger partial charge on any atom is 0.262 e. The highest BCUT2D eigenvalue weighted by molar-refractivity contribution is 7.99. The fourth-order valence-corrected chi connectivity index (χ4v) is 4.70. The van der Waals surface area contributed by atoms with Gasteiger partial charge in [0.1, 0.15) is 0 Å². The molecule has 0 unspecified atom stereocenters. The van der Waals surface area contributed by atoms with E-state index in [4.69, 9.17) is 23.2 Å². The highest BCUT2D eigenvalue weighted by Gasteiger charge is 2.18. The number of aromatic nitrogens is 4. The Morgan fingerprint density at radius 1 is 1.06 bits per heavy atom. The highest BCUT2D eigenvalue weighted by atomic mass is 35.5. The SMILES string of the molecule is CCCCCn1c(=O)c2ccccc2n2c(SCC(=O)Nc3c(Cl)cccc3Cl)nnc12. The molecule has 0 radical (unpaired) electrons. The number of halogens is 2. The van der Waals surface area contributed by atoms with Crippen LogP contribution in [-0.2, 0) is 11.3 Å². The molecule has 0 saturated heterocycles. The molecule has 1 amide bonds. The van der Waals surface area contributed by atoms with Crippen molar-refractivity contribution < 1.29 is 4.79 Å². The van der Waals surface area contributed by atoms with Gasteiger partial charge in [-0.25, -0.2) is 0 Å². The molecule has 0 fully saturated rings. The van der Waals surface area contributed by atoms with E-state index in [9.17, 15) is 9.59 Å². The number of hydrogen-bond acceptors (Lipinski definition) is 5. The molecule has 1 N–H and O–H groups in total. The second-order valence-corrected chi connectivity index (χ2v) is 8.99. The quantitative estimate of drug-likeness (QED) is 0.269. The van der Waals surface area contributed by atoms with E-state index in [1.165, 1.54) is 11.8 Å². The number of carbonyl (C=O) groups excluding carboxylic acids is 1. The number of rotatable bonds is 8. The molecular formula is C22H21Cl2N5O2S. The molecule has 2 aromatic heterocycles. The van der Waals surface area contributed by atoms with Crippen molar-refractivity contribution in [2.75, 3.05) is 11.1 Å². The molecule has 0 aliphatic heterocycles. The van der Waals surface area contributed by atoms with Gasteiger partial charge in [0.2, 0.25) is 11.7 Å². The summed E-state index contributed by atoms with van der Waals surface area (Å²) >= 11 is 13.5. The van der Waals surface area contributed by atoms with Gasteiger partial charge in [0.05, 0.1) is 32.4 Å². The number of nitrogens with zero attached hydrogens (tertiary/aromatic N) is 4. The standard InChI is InChI=1S/C22H21Cl2N5O2S/c1-2-3-6-12-28-20(31)14-8-4-5-11-17(14)29-21(28)26-27-22(29)32-13-18(30)25-19-15(23)9-7-10-16(19)24/h4-5,7-11H,2-3,6,12-13H2,1H3,(H,25,30). The number of thioether (sulfide) groups is 1. The molecule has 0 spiro atoms. The van der Waals surface area contributed by atoms with E-state index in [0.29, 0.717) is 44.1 Å². The third-order valence-electron chi connectivity index (χ3n) is 5.02. The Hall–Kier alpha value is -2.55. The summed E-state index contributed by atoms with van der Waals surface area (Å²) in [7, 11) is 0. The first-order valence-corrected chi connectivity index (χ1v) is 12.0. The van der Waals surface area contributed by atoms with Crippen LogP contribution in [0.3, 0.4) is 0 Å². The van der Waals surface area contributed by atoms with Crippen LogP contribution >= 0.6 is 35.0 Å². The second-order valence-electron chi connectivity index (χ2n) is 7.23. The molecule has 166 valence electrons. The van der Waals surface area contributed by atoms with Crippen molar-refractivity contribution in [3.63, 3.8) is 0 Å². The van der Waals surface area contributed by atoms with Crippen LogP contribution in [0.15, 0.2) is 52.4 Å². The lowest BCUT2D eigenvalue weighted by molar-refractivity contribution is -0.113. The zero-order valence-corrected chi connectivity index (χ0v) is 19.7. The number of amides is 1. The first-order chi connectivity index (χ1) is 15.5. The lowest BCUT2D eigenvalue weighted by Gasteiger charge is -2.11. The van der Waals surface area contributed by atoms with Crippen molar-refractivity contribution in [1.82, 2.24) is 19.2 Å². The van der Waals surface area contributed by atoms with E-state index in [1.54, 1.807) is 28.8 Å². The molecule has 7 nitrogen and oxygen atoms in total. The van der Waals surface area contributed by atoms with Gasteiger partial charge >= 0.3 is 0 Å². The Morgan fingerprint density at radius 3 is 2.56 bits per heavy atom. The van der Waals surface area contributed by atoms with E-state index >= 15 is 0 Å². The Balaban J connectivity index is 1.65. The number of unbranched alkanes of at least 4 members (excludes halogenated alkanes) is 2. The fourth-order valence-electron chi connectivity index (χ4n) is 3.47. The van der Waals surface area contributed by atoms with Crippen LogP contribution in [0.25, 0.3) is 16.7 Å². The van der Waals surface area contributed by atoms with Crippen molar-refractivity contribution in [1.29, 1.82) is 0 Å². The molecule has 0 atom stereocenters. The zero-order chi connectivity index (χ0) is 22.7. The Bertz CT molecular complexity index is 1330. The monoisotopic (exact) mass is 489 g/mol. The van der Waals surface area contributed by atoms with Gasteiger partial charge in [0, 0.05) is 6.54 Å². The molecule has 0 saturated carbocycles. The number of hydrogen-bond donors (Lipinski definition) is 1. The lowest BCUT2D eigenvalue weighted by atomic mass is 10.2. The number of carbonyl (C=O) groups is 1. The van der Waals surface area contributed by atoms with E-state index in [1.807, 2.05) is 22.6 Å². The maximum absolute atomic E-state index is 13.1. The molecule has 0 bridgehead atoms. The summed E-state index contributed by atoms with van der Waals surface area (Å²) in [6.07, 6.45) is 2.95. The number of nitrogens with one attached hydrogen (secondary N) is 1. The zero-order valence-electron chi connectivity index (χ0n) is 17.3. The minimum atomic E-state index is -0.276. The summed E-state index contributed by atoms with van der Waals surface area (Å²) < 4.78 is 3.50. The van der Waals surface area contributed by atoms with Gasteiger partial charge in [0.15, 0.2) is 5.16 Å². The largest absolute Gasteiger partial charge is 0.323 e. The van der Waals surface area contributed by atoms with Gasteiger partial charge in [0.25, 0.3) is 5.56 Å². The molecular weight excluding hydrogens is 469 g/mol. The third kappa shape index (κ3) is 4.48. The Labute approximate surface area is 198 Å². The van der Waals surface area contributed by atoms with Crippen molar-refractivity contribution in [2.24, 2.45) is 0 Å². The molecule has 10 heteroatoms. The number of para-hydroxylation sites is 2. The molecule has 0 aliphatic rings. The summed E-state index contributed by atoms with van der Waals surface area (Å²) in [6, 6.07) is 12.4. The molecule has 2 heterocycles. The predicted molar refractivity (Wildman–Crippen MR) is 130 cm³/mol. The molecule has 4 aromatic rings. The van der Waals surface area contributed by atoms with Gasteiger partial charge in [-0.1, -0.05) is 72.9 Å². The van der Waals surface area contributed by atoms with Crippen LogP contribution in [0, 0.1) is 0 Å². The normalized spacial score (nSPS) is 11.3. The van der Waals surface area contributed by atoms with E-state index in [0.717, 1.165) is 19.3 Å². The summed E-state index contributed by atoms with van der Waals surface area (Å²) in [5.41, 5.74) is 1.00. The first kappa shape index (κ1) is 22.6. The number of aryl methyl sites for hydroxylation is 1. The van der Waals surface area contributed by atoms with Crippen LogP contribution in [0.2, 0.25) is 10.0 Å². The van der Waals surface area contributed by atoms with Gasteiger partial charge in [-0.15, -0.1) is 10.2 Å². The Kier molecular flexibility index (Phi) is 7.03. The summed E-state index contributed by atoms with van der Waals surface area (Å²) in [4.78, 5) is 25.6. The minimum absolute atomic E-state index is 0.0750. The summed E-state index contributed by atoms with van der Waals surface area (Å²) in [5, 5.41) is 13.1. The summed E-state index contributed by atoms with van der Waals surface area (Å²) in [5.74, 6) is 0.273. The van der Waals surface area contributed by atoms with Crippen molar-refractivity contribution in [2.45, 2.75) is 37.9 Å². The topological polar surface area (TPSA) is 81.3 Å². The van der Waals surface area contributed by atoms with Gasteiger partial charge < -0.3 is 5.32 Å². The minimum Gasteiger partial charge on any atom is -0.323 e. The fraction of sp³-hybridized carbons (Fsp3) is 0.273. The predicted octanol–water partition coefficient (Wildman–Crippen LogP) is 5.27. The van der Waals surface area contributed by atoms with E-state index in [-0.39, 0.29) is 17.2 Å². The average molecular weight is 490 g/mol. The summed E-state index contributed by atoms with van der Waals surface area (Å²) in [6.45, 7) is 2.68. The third-order valence-corrected chi connectivity index (χ3v) is 6.58. The van der Waals surface area contributed by atoms with Crippen molar-refractivity contribution in [3.05, 3.63) is 62.9 Å². The Morgan fingerprint density at radius 2 is 1.81 bits per heavy atom. The van der Waals surface area contributed by atoms with E-state index in [2.05, 4.69) is 22.4 Å². The van der Waals surface area contributed by atoms with Gasteiger partial charge in [-0.2, -0.15) is 0 Å². The van der Waals surface area contributed by atoms with Crippen molar-refractivity contribution >= 4 is 63.2 Å². The van der Waals surface area contributed by atoms with Crippen LogP contribution in [0.4, 0.5) is 5.69 Å². The molecule has 32 heavy (non-hydrogen) atoms. The van der Waals surface area contributed by atoms with Crippen LogP contribution in [0.5, 0.6) is 0 Å². The van der Waals surface area contributed by atoms with E-state index < -0.39 is 0 Å². The molecule has 4 rings (SSSR count). The van der Waals surface area contributed by atoms with Crippen LogP contribution in [-0.4, -0.2) is 30.8 Å². The average Bonchev–Trinajstić information content (AvgIpc) is 3.21. The first-order valence-electron chi connectivity index (χ1n) is 10.2. The second kappa shape index (κ2) is 9.94. The van der Waals surface area contributed by atoms with Crippen LogP contribution < -0.4 is 10.9 Å².